The number of fused-ring (bicyclic) bond motifs is 2. The molecule has 1 aromatic carbocycles. The van der Waals surface area contributed by atoms with Crippen molar-refractivity contribution in [2.45, 2.75) is 25.7 Å². The van der Waals surface area contributed by atoms with Gasteiger partial charge in [0.05, 0.1) is 11.3 Å². The van der Waals surface area contributed by atoms with Crippen LogP contribution in [0.2, 0.25) is 0 Å². The number of anilines is 1. The number of hydrogen-bond acceptors (Lipinski definition) is 2. The molecule has 21 heavy (non-hydrogen) atoms. The van der Waals surface area contributed by atoms with E-state index in [2.05, 4.69) is 17.2 Å². The third-order valence-electron chi connectivity index (χ3n) is 4.62. The van der Waals surface area contributed by atoms with Gasteiger partial charge in [-0.05, 0) is 49.3 Å². The van der Waals surface area contributed by atoms with E-state index in [1.54, 1.807) is 0 Å². The van der Waals surface area contributed by atoms with Crippen LogP contribution in [-0.2, 0) is 4.79 Å². The molecule has 0 radical (unpaired) electrons. The Morgan fingerprint density at radius 3 is 2.90 bits per heavy atom. The van der Waals surface area contributed by atoms with Gasteiger partial charge in [-0.3, -0.25) is 4.79 Å². The van der Waals surface area contributed by atoms with E-state index in [0.717, 1.165) is 12.8 Å². The summed E-state index contributed by atoms with van der Waals surface area (Å²) >= 11 is 0. The zero-order chi connectivity index (χ0) is 14.8. The van der Waals surface area contributed by atoms with Crippen molar-refractivity contribution in [2.24, 2.45) is 17.8 Å². The first kappa shape index (κ1) is 14.1. The number of aliphatic hydroxyl groups is 1. The third kappa shape index (κ3) is 2.93. The smallest absolute Gasteiger partial charge is 0.227 e. The highest BCUT2D eigenvalue weighted by Crippen LogP contribution is 2.48. The number of benzene rings is 1. The maximum absolute atomic E-state index is 13.3. The maximum atomic E-state index is 13.3. The molecule has 0 aliphatic heterocycles. The minimum Gasteiger partial charge on any atom is -0.384 e. The first-order valence-electron chi connectivity index (χ1n) is 7.37. The van der Waals surface area contributed by atoms with Gasteiger partial charge in [0, 0.05) is 5.92 Å². The summed E-state index contributed by atoms with van der Waals surface area (Å²) < 4.78 is 13.3. The second kappa shape index (κ2) is 5.87. The van der Waals surface area contributed by atoms with E-state index >= 15 is 0 Å². The Morgan fingerprint density at radius 1 is 1.38 bits per heavy atom. The number of carbonyl (C=O) groups is 1. The molecule has 2 saturated carbocycles. The van der Waals surface area contributed by atoms with Crippen LogP contribution in [-0.4, -0.2) is 17.6 Å². The normalized spacial score (nSPS) is 26.3. The highest BCUT2D eigenvalue weighted by molar-refractivity contribution is 5.94. The summed E-state index contributed by atoms with van der Waals surface area (Å²) in [5.74, 6) is 6.06. The lowest BCUT2D eigenvalue weighted by molar-refractivity contribution is -0.121. The van der Waals surface area contributed by atoms with Crippen LogP contribution in [0.1, 0.15) is 31.2 Å². The van der Waals surface area contributed by atoms with Gasteiger partial charge in [0.15, 0.2) is 0 Å². The minimum atomic E-state index is -0.407. The van der Waals surface area contributed by atoms with Crippen LogP contribution >= 0.6 is 0 Å². The van der Waals surface area contributed by atoms with Crippen LogP contribution in [0.5, 0.6) is 0 Å². The second-order valence-corrected chi connectivity index (χ2v) is 5.92. The van der Waals surface area contributed by atoms with Gasteiger partial charge in [-0.1, -0.05) is 18.3 Å². The molecule has 0 saturated heterocycles. The maximum Gasteiger partial charge on any atom is 0.227 e. The van der Waals surface area contributed by atoms with Gasteiger partial charge in [-0.2, -0.15) is 0 Å². The predicted octanol–water partition coefficient (Wildman–Crippen LogP) is 2.54. The Morgan fingerprint density at radius 2 is 2.24 bits per heavy atom. The molecule has 2 aliphatic carbocycles. The van der Waals surface area contributed by atoms with Crippen LogP contribution in [0, 0.1) is 35.4 Å². The Kier molecular flexibility index (Phi) is 3.94. The van der Waals surface area contributed by atoms with Crippen molar-refractivity contribution in [3.8, 4) is 11.8 Å². The average molecular weight is 287 g/mol. The number of carbonyl (C=O) groups excluding carboxylic acids is 1. The van der Waals surface area contributed by atoms with E-state index in [4.69, 9.17) is 5.11 Å². The van der Waals surface area contributed by atoms with Gasteiger partial charge in [0.25, 0.3) is 0 Å². The first-order chi connectivity index (χ1) is 10.2. The molecule has 3 nitrogen and oxygen atoms in total. The van der Waals surface area contributed by atoms with E-state index in [1.807, 2.05) is 0 Å². The second-order valence-electron chi connectivity index (χ2n) is 5.92. The monoisotopic (exact) mass is 287 g/mol. The van der Waals surface area contributed by atoms with E-state index in [0.29, 0.717) is 23.1 Å². The molecule has 4 heteroatoms. The van der Waals surface area contributed by atoms with Gasteiger partial charge in [0.2, 0.25) is 5.91 Å². The first-order valence-corrected chi connectivity index (χ1v) is 7.37. The lowest BCUT2D eigenvalue weighted by Crippen LogP contribution is -2.27. The molecule has 2 bridgehead atoms. The lowest BCUT2D eigenvalue weighted by atomic mass is 9.88. The number of halogens is 1. The van der Waals surface area contributed by atoms with Crippen molar-refractivity contribution in [1.29, 1.82) is 0 Å². The van der Waals surface area contributed by atoms with Crippen LogP contribution in [0.4, 0.5) is 10.1 Å². The van der Waals surface area contributed by atoms with Crippen LogP contribution in [0.25, 0.3) is 0 Å². The summed E-state index contributed by atoms with van der Waals surface area (Å²) in [6, 6.07) is 4.11. The SMILES string of the molecule is O=C(Nc1ccc(F)cc1C#CCO)C1CC2CCC1C2. The van der Waals surface area contributed by atoms with Gasteiger partial charge in [-0.25, -0.2) is 4.39 Å². The largest absolute Gasteiger partial charge is 0.384 e. The highest BCUT2D eigenvalue weighted by Gasteiger charge is 2.43. The quantitative estimate of drug-likeness (QED) is 0.821. The van der Waals surface area contributed by atoms with Crippen LogP contribution in [0.3, 0.4) is 0 Å². The fourth-order valence-electron chi connectivity index (χ4n) is 3.65. The molecule has 2 fully saturated rings. The van der Waals surface area contributed by atoms with Crippen molar-refractivity contribution < 1.29 is 14.3 Å². The molecule has 1 aromatic rings. The molecule has 1 amide bonds. The van der Waals surface area contributed by atoms with Crippen LogP contribution < -0.4 is 5.32 Å². The molecule has 3 rings (SSSR count). The van der Waals surface area contributed by atoms with Crippen molar-refractivity contribution in [2.75, 3.05) is 11.9 Å². The Balaban J connectivity index is 1.76. The molecular weight excluding hydrogens is 269 g/mol. The average Bonchev–Trinajstić information content (AvgIpc) is 3.10. The Hall–Kier alpha value is -1.86. The summed E-state index contributed by atoms with van der Waals surface area (Å²) in [4.78, 5) is 12.4. The summed E-state index contributed by atoms with van der Waals surface area (Å²) in [5, 5.41) is 11.6. The number of aliphatic hydroxyl groups excluding tert-OH is 1. The number of rotatable bonds is 2. The predicted molar refractivity (Wildman–Crippen MR) is 77.9 cm³/mol. The molecule has 0 spiro atoms. The lowest BCUT2D eigenvalue weighted by Gasteiger charge is -2.21. The zero-order valence-electron chi connectivity index (χ0n) is 11.7. The van der Waals surface area contributed by atoms with Crippen molar-refractivity contribution >= 4 is 11.6 Å². The number of nitrogens with one attached hydrogen (secondary N) is 1. The molecule has 2 aliphatic rings. The third-order valence-corrected chi connectivity index (χ3v) is 4.62. The van der Waals surface area contributed by atoms with E-state index in [1.165, 1.54) is 31.0 Å². The van der Waals surface area contributed by atoms with Crippen molar-refractivity contribution in [3.63, 3.8) is 0 Å². The van der Waals surface area contributed by atoms with Gasteiger partial charge in [-0.15, -0.1) is 0 Å². The minimum absolute atomic E-state index is 0.0147. The summed E-state index contributed by atoms with van der Waals surface area (Å²) in [6.45, 7) is -0.295. The molecule has 0 aromatic heterocycles. The fraction of sp³-hybridized carbons (Fsp3) is 0.471. The van der Waals surface area contributed by atoms with E-state index in [-0.39, 0.29) is 18.4 Å². The van der Waals surface area contributed by atoms with Gasteiger partial charge in [0.1, 0.15) is 12.4 Å². The number of amides is 1. The fourth-order valence-corrected chi connectivity index (χ4v) is 3.65. The Bertz CT molecular complexity index is 617. The highest BCUT2D eigenvalue weighted by atomic mass is 19.1. The topological polar surface area (TPSA) is 49.3 Å². The van der Waals surface area contributed by atoms with E-state index in [9.17, 15) is 9.18 Å². The standard InChI is InChI=1S/C17H18FNO2/c18-14-5-6-16(13(10-14)2-1-7-20)19-17(21)15-9-11-3-4-12(15)8-11/h5-6,10-12,15,20H,3-4,7-9H2,(H,19,21). The molecule has 3 unspecified atom stereocenters. The zero-order valence-corrected chi connectivity index (χ0v) is 11.7. The number of hydrogen-bond donors (Lipinski definition) is 2. The Labute approximate surface area is 123 Å². The molecule has 3 atom stereocenters. The van der Waals surface area contributed by atoms with Crippen molar-refractivity contribution in [1.82, 2.24) is 0 Å². The molecular formula is C17H18FNO2. The summed E-state index contributed by atoms with van der Waals surface area (Å²) in [6.07, 6.45) is 4.52. The van der Waals surface area contributed by atoms with Crippen LogP contribution in [0.15, 0.2) is 18.2 Å². The molecule has 110 valence electrons. The van der Waals surface area contributed by atoms with Gasteiger partial charge < -0.3 is 10.4 Å². The molecule has 0 heterocycles. The van der Waals surface area contributed by atoms with Crippen molar-refractivity contribution in [3.05, 3.63) is 29.6 Å². The summed E-state index contributed by atoms with van der Waals surface area (Å²) in [5.41, 5.74) is 0.922. The molecule has 2 N–H and O–H groups in total. The summed E-state index contributed by atoms with van der Waals surface area (Å²) in [7, 11) is 0. The van der Waals surface area contributed by atoms with Gasteiger partial charge >= 0.3 is 0 Å². The van der Waals surface area contributed by atoms with E-state index < -0.39 is 5.82 Å².